The van der Waals surface area contributed by atoms with Crippen LogP contribution < -0.4 is 4.90 Å². The molecule has 232 valence electrons. The molecule has 0 radical (unpaired) electrons. The standard InChI is InChI=1S/C45H30N2O2/c1-29-13-8-9-18-36(29)32-23-24-41-39(28-32)37-19-10-11-21-40(37)47(41)42-22-12-20-38-43(42)45(49)46(44(38)48)35-26-33(30-14-4-2-5-15-30)25-34(27-35)31-16-6-3-7-17-31/h2-28H,1H3. The van der Waals surface area contributed by atoms with Crippen LogP contribution in [0.5, 0.6) is 0 Å². The lowest BCUT2D eigenvalue weighted by Crippen LogP contribution is -2.29. The van der Waals surface area contributed by atoms with Gasteiger partial charge in [-0.3, -0.25) is 9.59 Å². The van der Waals surface area contributed by atoms with E-state index in [1.165, 1.54) is 16.0 Å². The van der Waals surface area contributed by atoms with Gasteiger partial charge in [0.05, 0.1) is 33.5 Å². The SMILES string of the molecule is Cc1ccccc1-c1ccc2c(c1)c1ccccc1n2-c1cccc2c1C(=O)N(c1cc(-c3ccccc3)cc(-c3ccccc3)c1)C2=O. The molecule has 49 heavy (non-hydrogen) atoms. The zero-order valence-electron chi connectivity index (χ0n) is 26.8. The Morgan fingerprint density at radius 3 is 1.76 bits per heavy atom. The van der Waals surface area contributed by atoms with Crippen LogP contribution in [-0.4, -0.2) is 16.4 Å². The lowest BCUT2D eigenvalue weighted by Gasteiger charge is -2.18. The Bertz CT molecular complexity index is 2540. The summed E-state index contributed by atoms with van der Waals surface area (Å²) in [5.74, 6) is -0.657. The molecule has 1 aliphatic rings. The predicted octanol–water partition coefficient (Wildman–Crippen LogP) is 10.9. The van der Waals surface area contributed by atoms with Gasteiger partial charge in [0.25, 0.3) is 11.8 Å². The van der Waals surface area contributed by atoms with Crippen molar-refractivity contribution >= 4 is 39.3 Å². The molecule has 0 aliphatic carbocycles. The fourth-order valence-electron chi connectivity index (χ4n) is 7.32. The quantitative estimate of drug-likeness (QED) is 0.178. The van der Waals surface area contributed by atoms with Crippen molar-refractivity contribution in [1.82, 2.24) is 4.57 Å². The molecule has 0 atom stereocenters. The number of benzene rings is 7. The van der Waals surface area contributed by atoms with Crippen LogP contribution in [-0.2, 0) is 0 Å². The average molecular weight is 631 g/mol. The summed E-state index contributed by atoms with van der Waals surface area (Å²) in [7, 11) is 0. The Balaban J connectivity index is 1.22. The van der Waals surface area contributed by atoms with Gasteiger partial charge in [0, 0.05) is 10.8 Å². The van der Waals surface area contributed by atoms with E-state index in [0.717, 1.165) is 49.6 Å². The third-order valence-corrected chi connectivity index (χ3v) is 9.65. The van der Waals surface area contributed by atoms with Crippen LogP contribution >= 0.6 is 0 Å². The lowest BCUT2D eigenvalue weighted by atomic mass is 9.97. The van der Waals surface area contributed by atoms with Crippen LogP contribution in [0.25, 0.3) is 60.9 Å². The highest BCUT2D eigenvalue weighted by Gasteiger charge is 2.39. The monoisotopic (exact) mass is 630 g/mol. The second kappa shape index (κ2) is 11.3. The highest BCUT2D eigenvalue weighted by atomic mass is 16.2. The average Bonchev–Trinajstić information content (AvgIpc) is 3.62. The van der Waals surface area contributed by atoms with E-state index < -0.39 is 0 Å². The fraction of sp³-hybridized carbons (Fsp3) is 0.0222. The molecule has 0 bridgehead atoms. The van der Waals surface area contributed by atoms with E-state index in [9.17, 15) is 9.59 Å². The molecular weight excluding hydrogens is 601 g/mol. The van der Waals surface area contributed by atoms with Gasteiger partial charge in [0.2, 0.25) is 0 Å². The molecule has 0 saturated carbocycles. The van der Waals surface area contributed by atoms with Gasteiger partial charge in [-0.05, 0) is 94.4 Å². The Labute approximate surface area is 284 Å². The van der Waals surface area contributed by atoms with Crippen LogP contribution in [0.1, 0.15) is 26.3 Å². The molecule has 2 heterocycles. The maximum Gasteiger partial charge on any atom is 0.268 e. The van der Waals surface area contributed by atoms with E-state index >= 15 is 0 Å². The van der Waals surface area contributed by atoms with Crippen LogP contribution in [0.2, 0.25) is 0 Å². The number of carbonyl (C=O) groups excluding carboxylic acids is 2. The molecule has 0 spiro atoms. The van der Waals surface area contributed by atoms with Crippen LogP contribution in [0.4, 0.5) is 5.69 Å². The van der Waals surface area contributed by atoms with Crippen molar-refractivity contribution in [2.75, 3.05) is 4.90 Å². The number of amides is 2. The molecule has 2 amide bonds. The first kappa shape index (κ1) is 28.7. The van der Waals surface area contributed by atoms with Crippen LogP contribution in [0.3, 0.4) is 0 Å². The number of anilines is 1. The van der Waals surface area contributed by atoms with Gasteiger partial charge < -0.3 is 4.57 Å². The van der Waals surface area contributed by atoms with Crippen molar-refractivity contribution in [3.05, 3.63) is 180 Å². The normalized spacial score (nSPS) is 12.6. The summed E-state index contributed by atoms with van der Waals surface area (Å²) >= 11 is 0. The highest BCUT2D eigenvalue weighted by molar-refractivity contribution is 6.36. The zero-order valence-corrected chi connectivity index (χ0v) is 26.8. The summed E-state index contributed by atoms with van der Waals surface area (Å²) in [6.07, 6.45) is 0. The van der Waals surface area contributed by atoms with Gasteiger partial charge in [-0.1, -0.05) is 115 Å². The van der Waals surface area contributed by atoms with E-state index in [1.807, 2.05) is 97.1 Å². The van der Waals surface area contributed by atoms with Crippen molar-refractivity contribution in [2.45, 2.75) is 6.92 Å². The number of hydrogen-bond acceptors (Lipinski definition) is 2. The van der Waals surface area contributed by atoms with Gasteiger partial charge in [0.1, 0.15) is 0 Å². The molecule has 7 aromatic carbocycles. The van der Waals surface area contributed by atoms with Gasteiger partial charge in [-0.2, -0.15) is 0 Å². The molecule has 0 N–H and O–H groups in total. The van der Waals surface area contributed by atoms with E-state index in [-0.39, 0.29) is 11.8 Å². The number of nitrogens with zero attached hydrogens (tertiary/aromatic N) is 2. The Hall–Kier alpha value is -6.52. The first-order chi connectivity index (χ1) is 24.1. The number of para-hydroxylation sites is 1. The highest BCUT2D eigenvalue weighted by Crippen LogP contribution is 2.41. The predicted molar refractivity (Wildman–Crippen MR) is 199 cm³/mol. The second-order valence-electron chi connectivity index (χ2n) is 12.5. The maximum atomic E-state index is 14.7. The van der Waals surface area contributed by atoms with Crippen molar-refractivity contribution < 1.29 is 9.59 Å². The van der Waals surface area contributed by atoms with E-state index in [2.05, 4.69) is 72.2 Å². The number of imide groups is 1. The summed E-state index contributed by atoms with van der Waals surface area (Å²) in [5, 5.41) is 2.17. The summed E-state index contributed by atoms with van der Waals surface area (Å²) in [6, 6.07) is 54.9. The van der Waals surface area contributed by atoms with Crippen LogP contribution in [0, 0.1) is 6.92 Å². The first-order valence-electron chi connectivity index (χ1n) is 16.4. The maximum absolute atomic E-state index is 14.7. The van der Waals surface area contributed by atoms with Gasteiger partial charge in [-0.15, -0.1) is 0 Å². The lowest BCUT2D eigenvalue weighted by molar-refractivity contribution is 0.0926. The summed E-state index contributed by atoms with van der Waals surface area (Å²) in [6.45, 7) is 2.13. The van der Waals surface area contributed by atoms with Gasteiger partial charge in [-0.25, -0.2) is 4.90 Å². The fourth-order valence-corrected chi connectivity index (χ4v) is 7.32. The minimum absolute atomic E-state index is 0.325. The minimum Gasteiger partial charge on any atom is -0.308 e. The number of fused-ring (bicyclic) bond motifs is 4. The van der Waals surface area contributed by atoms with E-state index in [0.29, 0.717) is 22.5 Å². The van der Waals surface area contributed by atoms with Crippen molar-refractivity contribution in [1.29, 1.82) is 0 Å². The van der Waals surface area contributed by atoms with Crippen LogP contribution in [0.15, 0.2) is 164 Å². The van der Waals surface area contributed by atoms with Gasteiger partial charge in [0.15, 0.2) is 0 Å². The second-order valence-corrected chi connectivity index (χ2v) is 12.5. The number of carbonyl (C=O) groups is 2. The first-order valence-corrected chi connectivity index (χ1v) is 16.4. The molecule has 4 heteroatoms. The van der Waals surface area contributed by atoms with Gasteiger partial charge >= 0.3 is 0 Å². The zero-order chi connectivity index (χ0) is 33.1. The molecule has 4 nitrogen and oxygen atoms in total. The van der Waals surface area contributed by atoms with Crippen molar-refractivity contribution in [3.63, 3.8) is 0 Å². The molecule has 9 rings (SSSR count). The smallest absolute Gasteiger partial charge is 0.268 e. The van der Waals surface area contributed by atoms with E-state index in [1.54, 1.807) is 6.07 Å². The number of rotatable bonds is 5. The topological polar surface area (TPSA) is 42.3 Å². The Morgan fingerprint density at radius 2 is 1.04 bits per heavy atom. The number of aryl methyl sites for hydroxylation is 1. The largest absolute Gasteiger partial charge is 0.308 e. The summed E-state index contributed by atoms with van der Waals surface area (Å²) < 4.78 is 2.13. The Morgan fingerprint density at radius 1 is 0.429 bits per heavy atom. The summed E-state index contributed by atoms with van der Waals surface area (Å²) in [4.78, 5) is 30.3. The molecule has 0 saturated heterocycles. The number of aromatic nitrogens is 1. The minimum atomic E-state index is -0.331. The molecule has 1 aliphatic heterocycles. The molecule has 8 aromatic rings. The van der Waals surface area contributed by atoms with Crippen molar-refractivity contribution in [2.24, 2.45) is 0 Å². The molecule has 1 aromatic heterocycles. The molecule has 0 unspecified atom stereocenters. The molecule has 0 fully saturated rings. The number of hydrogen-bond donors (Lipinski definition) is 0. The Kier molecular flexibility index (Phi) is 6.63. The third-order valence-electron chi connectivity index (χ3n) is 9.65. The third kappa shape index (κ3) is 4.61. The summed E-state index contributed by atoms with van der Waals surface area (Å²) in [5.41, 5.74) is 11.4. The van der Waals surface area contributed by atoms with Crippen molar-refractivity contribution in [3.8, 4) is 39.1 Å². The van der Waals surface area contributed by atoms with E-state index in [4.69, 9.17) is 0 Å². The molecular formula is C45H30N2O2.